The minimum atomic E-state index is 0.278. The smallest absolute Gasteiger partial charge is 0.163 e. The van der Waals surface area contributed by atoms with Crippen LogP contribution >= 0.6 is 11.6 Å². The van der Waals surface area contributed by atoms with Crippen molar-refractivity contribution in [3.8, 4) is 23.5 Å². The first-order valence-electron chi connectivity index (χ1n) is 4.35. The number of aromatic nitrogens is 2. The molecule has 0 aromatic carbocycles. The second-order valence-corrected chi connectivity index (χ2v) is 3.28. The number of nitrogens with zero attached hydrogens (tertiary/aromatic N) is 2. The molecule has 2 nitrogen and oxygen atoms in total. The maximum Gasteiger partial charge on any atom is 0.163 e. The van der Waals surface area contributed by atoms with Gasteiger partial charge in [-0.05, 0) is 23.1 Å². The Morgan fingerprint density at radius 2 is 1.80 bits per heavy atom. The van der Waals surface area contributed by atoms with Crippen molar-refractivity contribution in [3.05, 3.63) is 47.5 Å². The van der Waals surface area contributed by atoms with Gasteiger partial charge >= 0.3 is 0 Å². The second kappa shape index (κ2) is 4.12. The van der Waals surface area contributed by atoms with Crippen molar-refractivity contribution in [3.63, 3.8) is 0 Å². The van der Waals surface area contributed by atoms with E-state index in [1.54, 1.807) is 0 Å². The summed E-state index contributed by atoms with van der Waals surface area (Å²) in [5.74, 6) is 2.29. The molecular formula is C12H7ClN2. The monoisotopic (exact) mass is 214 g/mol. The topological polar surface area (TPSA) is 25.8 Å². The van der Waals surface area contributed by atoms with Gasteiger partial charge in [-0.25, -0.2) is 9.97 Å². The molecule has 3 rings (SSSR count). The Labute approximate surface area is 93.0 Å². The Hall–Kier alpha value is -1.85. The minimum Gasteiger partial charge on any atom is -0.243 e. The van der Waals surface area contributed by atoms with E-state index in [4.69, 9.17) is 18.0 Å². The number of halogens is 1. The van der Waals surface area contributed by atoms with E-state index in [1.807, 2.05) is 0 Å². The van der Waals surface area contributed by atoms with Crippen molar-refractivity contribution in [1.29, 1.82) is 0 Å². The van der Waals surface area contributed by atoms with Crippen LogP contribution in [0.1, 0.15) is 5.69 Å². The van der Waals surface area contributed by atoms with Gasteiger partial charge < -0.3 is 0 Å². The average Bonchev–Trinajstić information content (AvgIpc) is 2.87. The molecule has 0 atom stereocenters. The van der Waals surface area contributed by atoms with Crippen molar-refractivity contribution in [2.24, 2.45) is 0 Å². The molecular weight excluding hydrogens is 208 g/mol. The molecule has 0 saturated heterocycles. The quantitative estimate of drug-likeness (QED) is 0.538. The average molecular weight is 215 g/mol. The molecule has 2 aliphatic carbocycles. The Bertz CT molecular complexity index is 512. The lowest BCUT2D eigenvalue weighted by Gasteiger charge is -1.88. The van der Waals surface area contributed by atoms with Crippen molar-refractivity contribution >= 4 is 11.6 Å². The Kier molecular flexibility index (Phi) is 2.66. The molecule has 0 saturated carbocycles. The highest BCUT2D eigenvalue weighted by Gasteiger charge is 2.06. The maximum absolute atomic E-state index is 5.51. The van der Waals surface area contributed by atoms with Gasteiger partial charge in [-0.1, -0.05) is 29.8 Å². The zero-order valence-corrected chi connectivity index (χ0v) is 8.57. The summed E-state index contributed by atoms with van der Waals surface area (Å²) in [6, 6.07) is 8.48. The van der Waals surface area contributed by atoms with Gasteiger partial charge in [-0.3, -0.25) is 0 Å². The van der Waals surface area contributed by atoms with Crippen molar-refractivity contribution < 1.29 is 0 Å². The number of rotatable bonds is 0. The van der Waals surface area contributed by atoms with Crippen LogP contribution in [0.3, 0.4) is 0 Å². The lowest BCUT2D eigenvalue weighted by atomic mass is 10.5. The van der Waals surface area contributed by atoms with E-state index in [1.165, 1.54) is 23.5 Å². The number of hydrogen-bond donors (Lipinski definition) is 0. The molecule has 72 valence electrons. The lowest BCUT2D eigenvalue weighted by molar-refractivity contribution is 1.17. The maximum atomic E-state index is 5.51. The molecule has 0 bridgehead atoms. The zero-order chi connectivity index (χ0) is 10.7. The molecule has 2 aliphatic rings. The summed E-state index contributed by atoms with van der Waals surface area (Å²) in [5, 5.41) is 0.278. The molecule has 1 aromatic heterocycles. The number of fused-ring (bicyclic) bond motifs is 1. The highest BCUT2D eigenvalue weighted by atomic mass is 35.5. The van der Waals surface area contributed by atoms with Crippen molar-refractivity contribution in [2.75, 3.05) is 0 Å². The SMILES string of the molecule is C#Cc1nccnc1Cl.c1cc2cc-2c1. The number of hydrogen-bond acceptors (Lipinski definition) is 2. The van der Waals surface area contributed by atoms with Gasteiger partial charge in [0.15, 0.2) is 5.15 Å². The van der Waals surface area contributed by atoms with E-state index in [0.29, 0.717) is 5.69 Å². The summed E-state index contributed by atoms with van der Waals surface area (Å²) >= 11 is 5.51. The second-order valence-electron chi connectivity index (χ2n) is 2.92. The third-order valence-corrected chi connectivity index (χ3v) is 2.18. The number of terminal acetylenes is 1. The molecule has 0 N–H and O–H groups in total. The zero-order valence-electron chi connectivity index (χ0n) is 7.81. The highest BCUT2D eigenvalue weighted by molar-refractivity contribution is 6.30. The molecule has 1 heterocycles. The fourth-order valence-corrected chi connectivity index (χ4v) is 1.25. The van der Waals surface area contributed by atoms with Crippen LogP contribution < -0.4 is 0 Å². The van der Waals surface area contributed by atoms with Gasteiger partial charge in [0.2, 0.25) is 0 Å². The normalized spacial score (nSPS) is 9.60. The van der Waals surface area contributed by atoms with Crippen molar-refractivity contribution in [1.82, 2.24) is 9.97 Å². The fourth-order valence-electron chi connectivity index (χ4n) is 1.09. The summed E-state index contributed by atoms with van der Waals surface area (Å²) in [6.45, 7) is 0. The lowest BCUT2D eigenvalue weighted by Crippen LogP contribution is -1.84. The van der Waals surface area contributed by atoms with Gasteiger partial charge in [-0.2, -0.15) is 0 Å². The molecule has 0 radical (unpaired) electrons. The van der Waals surface area contributed by atoms with E-state index in [-0.39, 0.29) is 5.15 Å². The fraction of sp³-hybridized carbons (Fsp3) is 0. The molecule has 1 aromatic rings. The summed E-state index contributed by atoms with van der Waals surface area (Å²) < 4.78 is 0. The summed E-state index contributed by atoms with van der Waals surface area (Å²) in [6.07, 6.45) is 8.00. The molecule has 0 amide bonds. The largest absolute Gasteiger partial charge is 0.243 e. The van der Waals surface area contributed by atoms with Crippen LogP contribution in [0.15, 0.2) is 36.7 Å². The van der Waals surface area contributed by atoms with Crippen molar-refractivity contribution in [2.45, 2.75) is 0 Å². The third kappa shape index (κ3) is 2.34. The molecule has 15 heavy (non-hydrogen) atoms. The van der Waals surface area contributed by atoms with E-state index in [9.17, 15) is 0 Å². The van der Waals surface area contributed by atoms with Crippen LogP contribution in [0.4, 0.5) is 0 Å². The van der Waals surface area contributed by atoms with E-state index in [2.05, 4.69) is 40.2 Å². The van der Waals surface area contributed by atoms with Crippen LogP contribution in [0.25, 0.3) is 11.1 Å². The first-order valence-corrected chi connectivity index (χ1v) is 4.72. The van der Waals surface area contributed by atoms with Gasteiger partial charge in [-0.15, -0.1) is 6.42 Å². The number of benzene rings is 1. The van der Waals surface area contributed by atoms with E-state index < -0.39 is 0 Å². The van der Waals surface area contributed by atoms with Crippen LogP contribution in [0.5, 0.6) is 0 Å². The molecule has 0 aliphatic heterocycles. The standard InChI is InChI=1S/C6H3ClN2.C6H4/c1-2-5-6(7)9-4-3-8-5;1-2-5-4-6(5)3-1/h1,3-4H;1-4H. The van der Waals surface area contributed by atoms with Gasteiger partial charge in [0, 0.05) is 12.4 Å². The van der Waals surface area contributed by atoms with Crippen LogP contribution in [0, 0.1) is 12.3 Å². The summed E-state index contributed by atoms with van der Waals surface area (Å²) in [4.78, 5) is 7.48. The molecule has 0 unspecified atom stereocenters. The predicted octanol–water partition coefficient (Wildman–Crippen LogP) is 2.78. The Balaban J connectivity index is 0.000000121. The van der Waals surface area contributed by atoms with Gasteiger partial charge in [0.05, 0.1) is 0 Å². The van der Waals surface area contributed by atoms with E-state index >= 15 is 0 Å². The minimum absolute atomic E-state index is 0.278. The molecule has 3 heteroatoms. The van der Waals surface area contributed by atoms with E-state index in [0.717, 1.165) is 0 Å². The first kappa shape index (κ1) is 9.70. The predicted molar refractivity (Wildman–Crippen MR) is 60.4 cm³/mol. The van der Waals surface area contributed by atoms with Crippen LogP contribution in [-0.2, 0) is 0 Å². The Morgan fingerprint density at radius 1 is 1.13 bits per heavy atom. The Morgan fingerprint density at radius 3 is 2.13 bits per heavy atom. The summed E-state index contributed by atoms with van der Waals surface area (Å²) in [5.41, 5.74) is 3.24. The van der Waals surface area contributed by atoms with Gasteiger partial charge in [0.25, 0.3) is 0 Å². The highest BCUT2D eigenvalue weighted by Crippen LogP contribution is 2.32. The molecule has 0 fully saturated rings. The summed E-state index contributed by atoms with van der Waals surface area (Å²) in [7, 11) is 0. The first-order chi connectivity index (χ1) is 7.31. The van der Waals surface area contributed by atoms with Gasteiger partial charge in [0.1, 0.15) is 5.69 Å². The van der Waals surface area contributed by atoms with Crippen LogP contribution in [0.2, 0.25) is 5.15 Å². The third-order valence-electron chi connectivity index (χ3n) is 1.90. The molecule has 0 spiro atoms. The van der Waals surface area contributed by atoms with Crippen LogP contribution in [-0.4, -0.2) is 9.97 Å².